The second kappa shape index (κ2) is 6.09. The van der Waals surface area contributed by atoms with Crippen molar-refractivity contribution < 1.29 is 14.3 Å². The molecule has 1 unspecified atom stereocenters. The first-order valence-corrected chi connectivity index (χ1v) is 8.74. The van der Waals surface area contributed by atoms with Crippen LogP contribution in [0.25, 0.3) is 10.9 Å². The molecule has 0 amide bonds. The van der Waals surface area contributed by atoms with Gasteiger partial charge in [0.05, 0.1) is 24.3 Å². The maximum atomic E-state index is 12.8. The van der Waals surface area contributed by atoms with Crippen molar-refractivity contribution in [2.45, 2.75) is 26.8 Å². The Hall–Kier alpha value is -2.08. The molecule has 24 heavy (non-hydrogen) atoms. The van der Waals surface area contributed by atoms with Gasteiger partial charge >= 0.3 is 5.97 Å². The van der Waals surface area contributed by atoms with Crippen LogP contribution in [0, 0.1) is 5.41 Å². The smallest absolute Gasteiger partial charge is 0.337 e. The minimum atomic E-state index is -0.400. The molecule has 1 aromatic heterocycles. The van der Waals surface area contributed by atoms with Crippen molar-refractivity contribution in [3.05, 3.63) is 35.5 Å². The predicted octanol–water partition coefficient (Wildman–Crippen LogP) is 3.70. The zero-order valence-corrected chi connectivity index (χ0v) is 15.0. The van der Waals surface area contributed by atoms with Gasteiger partial charge in [-0.2, -0.15) is 0 Å². The van der Waals surface area contributed by atoms with E-state index in [4.69, 9.17) is 4.74 Å². The monoisotopic (exact) mass is 344 g/mol. The number of fused-ring (bicyclic) bond motifs is 1. The SMILES string of the molecule is COC(=O)c1ccc2c(C(=O)C3=NC(C(C)(C)C)CS3)c[nH]c2c1. The van der Waals surface area contributed by atoms with Crippen molar-refractivity contribution in [2.75, 3.05) is 12.9 Å². The lowest BCUT2D eigenvalue weighted by Crippen LogP contribution is -2.24. The minimum absolute atomic E-state index is 0.0463. The quantitative estimate of drug-likeness (QED) is 0.681. The van der Waals surface area contributed by atoms with E-state index in [0.29, 0.717) is 16.2 Å². The molecule has 2 heterocycles. The fourth-order valence-electron chi connectivity index (χ4n) is 2.62. The maximum absolute atomic E-state index is 12.8. The molecule has 1 aliphatic rings. The highest BCUT2D eigenvalue weighted by Crippen LogP contribution is 2.33. The van der Waals surface area contributed by atoms with Crippen LogP contribution in [-0.4, -0.2) is 40.7 Å². The zero-order chi connectivity index (χ0) is 17.5. The number of ether oxygens (including phenoxy) is 1. The van der Waals surface area contributed by atoms with Crippen molar-refractivity contribution in [3.63, 3.8) is 0 Å². The van der Waals surface area contributed by atoms with Gasteiger partial charge in [-0.1, -0.05) is 26.8 Å². The Morgan fingerprint density at radius 3 is 2.71 bits per heavy atom. The molecule has 0 radical (unpaired) electrons. The number of aromatic amines is 1. The third kappa shape index (κ3) is 2.98. The highest BCUT2D eigenvalue weighted by Gasteiger charge is 2.32. The van der Waals surface area contributed by atoms with Crippen molar-refractivity contribution in [2.24, 2.45) is 10.4 Å². The number of carbonyl (C=O) groups excluding carboxylic acids is 2. The molecule has 126 valence electrons. The van der Waals surface area contributed by atoms with Crippen LogP contribution >= 0.6 is 11.8 Å². The number of nitrogens with one attached hydrogen (secondary N) is 1. The summed E-state index contributed by atoms with van der Waals surface area (Å²) in [5.74, 6) is 0.367. The molecule has 0 saturated heterocycles. The van der Waals surface area contributed by atoms with E-state index in [2.05, 4.69) is 30.7 Å². The van der Waals surface area contributed by atoms with E-state index >= 15 is 0 Å². The summed E-state index contributed by atoms with van der Waals surface area (Å²) in [7, 11) is 1.34. The molecule has 1 atom stereocenters. The lowest BCUT2D eigenvalue weighted by molar-refractivity contribution is 0.0601. The largest absolute Gasteiger partial charge is 0.465 e. The molecular formula is C18H20N2O3S. The molecule has 0 bridgehead atoms. The minimum Gasteiger partial charge on any atom is -0.465 e. The van der Waals surface area contributed by atoms with Crippen molar-refractivity contribution in [1.29, 1.82) is 0 Å². The fraction of sp³-hybridized carbons (Fsp3) is 0.389. The van der Waals surface area contributed by atoms with Gasteiger partial charge in [0.25, 0.3) is 0 Å². The number of methoxy groups -OCH3 is 1. The summed E-state index contributed by atoms with van der Waals surface area (Å²) in [6, 6.07) is 5.28. The number of ketones is 1. The standard InChI is InChI=1S/C18H20N2O3S/c1-18(2,3)14-9-24-16(20-14)15(21)12-8-19-13-7-10(17(22)23-4)5-6-11(12)13/h5-8,14,19H,9H2,1-4H3. The van der Waals surface area contributed by atoms with Gasteiger partial charge in [-0.3, -0.25) is 9.79 Å². The lowest BCUT2D eigenvalue weighted by atomic mass is 9.88. The summed E-state index contributed by atoms with van der Waals surface area (Å²) in [6.45, 7) is 6.40. The molecule has 1 N–H and O–H groups in total. The third-order valence-electron chi connectivity index (χ3n) is 4.19. The summed E-state index contributed by atoms with van der Waals surface area (Å²) in [4.78, 5) is 32.1. The molecule has 2 aromatic rings. The third-order valence-corrected chi connectivity index (χ3v) is 5.24. The van der Waals surface area contributed by atoms with Gasteiger partial charge in [0.15, 0.2) is 0 Å². The Bertz CT molecular complexity index is 846. The van der Waals surface area contributed by atoms with E-state index in [0.717, 1.165) is 16.7 Å². The predicted molar refractivity (Wildman–Crippen MR) is 97.1 cm³/mol. The number of carbonyl (C=O) groups is 2. The fourth-order valence-corrected chi connectivity index (χ4v) is 3.95. The Kier molecular flexibility index (Phi) is 4.25. The van der Waals surface area contributed by atoms with Gasteiger partial charge in [0, 0.05) is 22.9 Å². The number of thioether (sulfide) groups is 1. The molecule has 0 aliphatic carbocycles. The summed E-state index contributed by atoms with van der Waals surface area (Å²) in [5, 5.41) is 1.35. The average molecular weight is 344 g/mol. The number of H-pyrrole nitrogens is 1. The number of nitrogens with zero attached hydrogens (tertiary/aromatic N) is 1. The van der Waals surface area contributed by atoms with Crippen LogP contribution in [0.15, 0.2) is 29.4 Å². The number of aliphatic imine (C=N–C) groups is 1. The van der Waals surface area contributed by atoms with Crippen molar-refractivity contribution in [1.82, 2.24) is 4.98 Å². The normalized spacial score (nSPS) is 17.8. The molecule has 6 heteroatoms. The van der Waals surface area contributed by atoms with Gasteiger partial charge in [0.2, 0.25) is 5.78 Å². The maximum Gasteiger partial charge on any atom is 0.337 e. The average Bonchev–Trinajstić information content (AvgIpc) is 3.19. The van der Waals surface area contributed by atoms with Gasteiger partial charge in [-0.15, -0.1) is 11.8 Å². The van der Waals surface area contributed by atoms with E-state index in [1.165, 1.54) is 18.9 Å². The Morgan fingerprint density at radius 2 is 2.08 bits per heavy atom. The lowest BCUT2D eigenvalue weighted by Gasteiger charge is -2.23. The molecule has 1 aromatic carbocycles. The number of aromatic nitrogens is 1. The Morgan fingerprint density at radius 1 is 1.33 bits per heavy atom. The zero-order valence-electron chi connectivity index (χ0n) is 14.2. The van der Waals surface area contributed by atoms with E-state index in [1.807, 2.05) is 0 Å². The molecule has 1 aliphatic heterocycles. The molecule has 5 nitrogen and oxygen atoms in total. The molecular weight excluding hydrogens is 324 g/mol. The van der Waals surface area contributed by atoms with Gasteiger partial charge in [0.1, 0.15) is 5.04 Å². The first-order valence-electron chi connectivity index (χ1n) is 7.76. The Balaban J connectivity index is 1.93. The Labute approximate surface area is 144 Å². The summed E-state index contributed by atoms with van der Waals surface area (Å²) >= 11 is 1.52. The van der Waals surface area contributed by atoms with Crippen LogP contribution in [0.3, 0.4) is 0 Å². The molecule has 0 fully saturated rings. The summed E-state index contributed by atoms with van der Waals surface area (Å²) in [6.07, 6.45) is 1.68. The number of esters is 1. The summed E-state index contributed by atoms with van der Waals surface area (Å²) < 4.78 is 4.72. The number of rotatable bonds is 3. The van der Waals surface area contributed by atoms with E-state index in [9.17, 15) is 9.59 Å². The topological polar surface area (TPSA) is 71.5 Å². The van der Waals surface area contributed by atoms with E-state index in [1.54, 1.807) is 24.4 Å². The number of hydrogen-bond donors (Lipinski definition) is 1. The van der Waals surface area contributed by atoms with Crippen LogP contribution in [0.2, 0.25) is 0 Å². The van der Waals surface area contributed by atoms with Crippen LogP contribution in [0.4, 0.5) is 0 Å². The summed E-state index contributed by atoms with van der Waals surface area (Å²) in [5.41, 5.74) is 1.82. The van der Waals surface area contributed by atoms with Crippen LogP contribution in [0.5, 0.6) is 0 Å². The first kappa shape index (κ1) is 16.8. The van der Waals surface area contributed by atoms with Crippen LogP contribution in [-0.2, 0) is 4.74 Å². The number of hydrogen-bond acceptors (Lipinski definition) is 5. The van der Waals surface area contributed by atoms with Crippen molar-refractivity contribution >= 4 is 39.5 Å². The van der Waals surface area contributed by atoms with Crippen LogP contribution in [0.1, 0.15) is 41.5 Å². The number of Topliss-reactive ketones (excluding diaryl/α,β-unsaturated/α-hetero) is 1. The van der Waals surface area contributed by atoms with Gasteiger partial charge in [-0.25, -0.2) is 4.79 Å². The number of benzene rings is 1. The molecule has 0 spiro atoms. The highest BCUT2D eigenvalue weighted by atomic mass is 32.2. The van der Waals surface area contributed by atoms with Gasteiger partial charge < -0.3 is 9.72 Å². The van der Waals surface area contributed by atoms with Crippen LogP contribution < -0.4 is 0 Å². The highest BCUT2D eigenvalue weighted by molar-refractivity contribution is 8.16. The molecule has 3 rings (SSSR count). The van der Waals surface area contributed by atoms with Gasteiger partial charge in [-0.05, 0) is 17.5 Å². The molecule has 0 saturated carbocycles. The second-order valence-electron chi connectivity index (χ2n) is 6.91. The first-order chi connectivity index (χ1) is 11.3. The van der Waals surface area contributed by atoms with E-state index < -0.39 is 5.97 Å². The van der Waals surface area contributed by atoms with E-state index in [-0.39, 0.29) is 17.2 Å². The van der Waals surface area contributed by atoms with Crippen molar-refractivity contribution in [3.8, 4) is 0 Å². The second-order valence-corrected chi connectivity index (χ2v) is 7.92.